The van der Waals surface area contributed by atoms with Crippen molar-refractivity contribution < 1.29 is 9.90 Å². The molecule has 3 nitrogen and oxygen atoms in total. The highest BCUT2D eigenvalue weighted by molar-refractivity contribution is 5.83. The summed E-state index contributed by atoms with van der Waals surface area (Å²) in [6.45, 7) is 6.29. The number of carboxylic acids is 1. The van der Waals surface area contributed by atoms with Gasteiger partial charge >= 0.3 is 5.97 Å². The second-order valence-corrected chi connectivity index (χ2v) is 6.22. The molecule has 2 rings (SSSR count). The second-order valence-electron chi connectivity index (χ2n) is 6.22. The van der Waals surface area contributed by atoms with Crippen LogP contribution in [0.15, 0.2) is 24.3 Å². The minimum atomic E-state index is -0.807. The molecule has 1 aromatic carbocycles. The number of hydrogen-bond acceptors (Lipinski definition) is 2. The van der Waals surface area contributed by atoms with Crippen LogP contribution in [0.5, 0.6) is 0 Å². The molecule has 1 fully saturated rings. The van der Waals surface area contributed by atoms with Crippen molar-refractivity contribution in [3.63, 3.8) is 0 Å². The first-order valence-electron chi connectivity index (χ1n) is 6.41. The van der Waals surface area contributed by atoms with Crippen molar-refractivity contribution in [1.82, 2.24) is 0 Å². The summed E-state index contributed by atoms with van der Waals surface area (Å²) < 4.78 is 0. The second kappa shape index (κ2) is 4.30. The van der Waals surface area contributed by atoms with Crippen molar-refractivity contribution in [2.24, 2.45) is 5.41 Å². The number of anilines is 1. The third-order valence-electron chi connectivity index (χ3n) is 3.85. The highest BCUT2D eigenvalue weighted by Crippen LogP contribution is 2.45. The molecule has 0 saturated heterocycles. The number of nitrogens with one attached hydrogen (secondary N) is 1. The Labute approximate surface area is 108 Å². The Morgan fingerprint density at radius 1 is 1.22 bits per heavy atom. The van der Waals surface area contributed by atoms with Gasteiger partial charge in [-0.2, -0.15) is 0 Å². The average Bonchev–Trinajstić information content (AvgIpc) is 2.59. The molecule has 0 spiro atoms. The molecule has 0 amide bonds. The Morgan fingerprint density at radius 3 is 2.28 bits per heavy atom. The molecule has 98 valence electrons. The minimum Gasteiger partial charge on any atom is -0.480 e. The molecule has 1 saturated carbocycles. The molecule has 1 aliphatic carbocycles. The molecule has 1 atom stereocenters. The summed E-state index contributed by atoms with van der Waals surface area (Å²) in [6, 6.07) is 7.90. The minimum absolute atomic E-state index is 0.0933. The smallest absolute Gasteiger partial charge is 0.329 e. The molecular weight excluding hydrogens is 226 g/mol. The number of carboxylic acid groups (broad SMARTS) is 1. The SMILES string of the molecule is Cc1ccc(NC2(C(=O)O)CCC(C)(C)C2)cc1. The standard InChI is InChI=1S/C15H21NO2/c1-11-4-6-12(7-5-11)16-15(13(17)18)9-8-14(2,3)10-15/h4-7,16H,8-10H2,1-3H3,(H,17,18). The van der Waals surface area contributed by atoms with E-state index in [1.807, 2.05) is 31.2 Å². The van der Waals surface area contributed by atoms with Crippen LogP contribution in [-0.4, -0.2) is 16.6 Å². The van der Waals surface area contributed by atoms with Gasteiger partial charge in [0.1, 0.15) is 5.54 Å². The van der Waals surface area contributed by atoms with E-state index in [0.29, 0.717) is 12.8 Å². The summed E-state index contributed by atoms with van der Waals surface area (Å²) in [5, 5.41) is 12.8. The van der Waals surface area contributed by atoms with Crippen LogP contribution in [0.2, 0.25) is 0 Å². The summed E-state index contributed by atoms with van der Waals surface area (Å²) in [6.07, 6.45) is 2.30. The van der Waals surface area contributed by atoms with Crippen LogP contribution in [0.1, 0.15) is 38.7 Å². The van der Waals surface area contributed by atoms with Crippen LogP contribution >= 0.6 is 0 Å². The Morgan fingerprint density at radius 2 is 1.83 bits per heavy atom. The lowest BCUT2D eigenvalue weighted by Gasteiger charge is -2.29. The van der Waals surface area contributed by atoms with E-state index < -0.39 is 11.5 Å². The fourth-order valence-corrected chi connectivity index (χ4v) is 2.80. The zero-order chi connectivity index (χ0) is 13.4. The van der Waals surface area contributed by atoms with Crippen molar-refractivity contribution in [2.75, 3.05) is 5.32 Å². The van der Waals surface area contributed by atoms with Crippen molar-refractivity contribution in [3.8, 4) is 0 Å². The maximum atomic E-state index is 11.6. The van der Waals surface area contributed by atoms with E-state index in [2.05, 4.69) is 19.2 Å². The molecular formula is C15H21NO2. The van der Waals surface area contributed by atoms with Crippen molar-refractivity contribution in [1.29, 1.82) is 0 Å². The Hall–Kier alpha value is -1.51. The van der Waals surface area contributed by atoms with Gasteiger partial charge in [0, 0.05) is 5.69 Å². The van der Waals surface area contributed by atoms with E-state index in [4.69, 9.17) is 0 Å². The molecule has 0 heterocycles. The van der Waals surface area contributed by atoms with Crippen LogP contribution in [-0.2, 0) is 4.79 Å². The van der Waals surface area contributed by atoms with Gasteiger partial charge in [0.05, 0.1) is 0 Å². The molecule has 18 heavy (non-hydrogen) atoms. The normalized spacial score (nSPS) is 25.9. The van der Waals surface area contributed by atoms with Crippen molar-refractivity contribution in [2.45, 2.75) is 45.6 Å². The van der Waals surface area contributed by atoms with E-state index in [0.717, 1.165) is 12.1 Å². The predicted octanol–water partition coefficient (Wildman–Crippen LogP) is 3.44. The van der Waals surface area contributed by atoms with Gasteiger partial charge in [0.15, 0.2) is 0 Å². The lowest BCUT2D eigenvalue weighted by Crippen LogP contribution is -2.44. The number of carbonyl (C=O) groups is 1. The van der Waals surface area contributed by atoms with Gasteiger partial charge in [0.2, 0.25) is 0 Å². The largest absolute Gasteiger partial charge is 0.480 e. The number of rotatable bonds is 3. The van der Waals surface area contributed by atoms with Gasteiger partial charge in [-0.15, -0.1) is 0 Å². The molecule has 0 aliphatic heterocycles. The first-order valence-corrected chi connectivity index (χ1v) is 6.41. The lowest BCUT2D eigenvalue weighted by atomic mass is 9.87. The summed E-state index contributed by atoms with van der Waals surface area (Å²) in [7, 11) is 0. The summed E-state index contributed by atoms with van der Waals surface area (Å²) >= 11 is 0. The van der Waals surface area contributed by atoms with Gasteiger partial charge < -0.3 is 10.4 Å². The average molecular weight is 247 g/mol. The van der Waals surface area contributed by atoms with E-state index in [1.165, 1.54) is 5.56 Å². The van der Waals surface area contributed by atoms with Gasteiger partial charge in [-0.25, -0.2) is 4.79 Å². The van der Waals surface area contributed by atoms with Gasteiger partial charge in [-0.05, 0) is 43.7 Å². The first kappa shape index (κ1) is 12.9. The lowest BCUT2D eigenvalue weighted by molar-refractivity contribution is -0.142. The van der Waals surface area contributed by atoms with E-state index in [1.54, 1.807) is 0 Å². The fraction of sp³-hybridized carbons (Fsp3) is 0.533. The molecule has 0 bridgehead atoms. The summed E-state index contributed by atoms with van der Waals surface area (Å²) in [5.74, 6) is -0.742. The maximum absolute atomic E-state index is 11.6. The van der Waals surface area contributed by atoms with Crippen LogP contribution in [0.4, 0.5) is 5.69 Å². The van der Waals surface area contributed by atoms with Crippen molar-refractivity contribution >= 4 is 11.7 Å². The third kappa shape index (κ3) is 2.50. The van der Waals surface area contributed by atoms with Gasteiger partial charge in [0.25, 0.3) is 0 Å². The predicted molar refractivity (Wildman–Crippen MR) is 72.8 cm³/mol. The Bertz CT molecular complexity index is 450. The maximum Gasteiger partial charge on any atom is 0.329 e. The van der Waals surface area contributed by atoms with E-state index in [-0.39, 0.29) is 5.41 Å². The molecule has 3 heteroatoms. The van der Waals surface area contributed by atoms with Crippen molar-refractivity contribution in [3.05, 3.63) is 29.8 Å². The highest BCUT2D eigenvalue weighted by Gasteiger charge is 2.48. The first-order chi connectivity index (χ1) is 8.33. The number of hydrogen-bond donors (Lipinski definition) is 2. The zero-order valence-electron chi connectivity index (χ0n) is 11.3. The van der Waals surface area contributed by atoms with Crippen LogP contribution in [0, 0.1) is 12.3 Å². The van der Waals surface area contributed by atoms with E-state index in [9.17, 15) is 9.90 Å². The highest BCUT2D eigenvalue weighted by atomic mass is 16.4. The molecule has 1 aliphatic rings. The number of aryl methyl sites for hydroxylation is 1. The van der Waals surface area contributed by atoms with Crippen LogP contribution in [0.25, 0.3) is 0 Å². The summed E-state index contributed by atoms with van der Waals surface area (Å²) in [5.41, 5.74) is 1.35. The van der Waals surface area contributed by atoms with Gasteiger partial charge in [-0.1, -0.05) is 31.5 Å². The topological polar surface area (TPSA) is 49.3 Å². The number of benzene rings is 1. The van der Waals surface area contributed by atoms with Gasteiger partial charge in [-0.3, -0.25) is 0 Å². The molecule has 1 aromatic rings. The molecule has 1 unspecified atom stereocenters. The number of aliphatic carboxylic acids is 1. The van der Waals surface area contributed by atoms with Crippen LogP contribution < -0.4 is 5.32 Å². The molecule has 0 radical (unpaired) electrons. The molecule has 0 aromatic heterocycles. The summed E-state index contributed by atoms with van der Waals surface area (Å²) in [4.78, 5) is 11.6. The molecule has 2 N–H and O–H groups in total. The fourth-order valence-electron chi connectivity index (χ4n) is 2.80. The monoisotopic (exact) mass is 247 g/mol. The van der Waals surface area contributed by atoms with E-state index >= 15 is 0 Å². The third-order valence-corrected chi connectivity index (χ3v) is 3.85. The Kier molecular flexibility index (Phi) is 3.09. The Balaban J connectivity index is 2.23. The van der Waals surface area contributed by atoms with Crippen LogP contribution in [0.3, 0.4) is 0 Å². The zero-order valence-corrected chi connectivity index (χ0v) is 11.3. The quantitative estimate of drug-likeness (QED) is 0.860.